The number of hydrogen-bond donors (Lipinski definition) is 0. The molecule has 0 saturated carbocycles. The van der Waals surface area contributed by atoms with Crippen LogP contribution < -0.4 is 5.30 Å². The van der Waals surface area contributed by atoms with Gasteiger partial charge in [0.15, 0.2) is 0 Å². The Morgan fingerprint density at radius 2 is 1.73 bits per heavy atom. The van der Waals surface area contributed by atoms with Crippen LogP contribution in [0.1, 0.15) is 0 Å². The van der Waals surface area contributed by atoms with Gasteiger partial charge in [-0.1, -0.05) is 26.8 Å². The Balaban J connectivity index is 3.41. The molecule has 0 aliphatic carbocycles. The molecular weight excluding hydrogens is 248 g/mol. The van der Waals surface area contributed by atoms with Crippen molar-refractivity contribution in [2.75, 3.05) is 6.66 Å². The maximum Gasteiger partial charge on any atom is 0.501 e. The number of hydrogen-bond acceptors (Lipinski definition) is 2. The quantitative estimate of drug-likeness (QED) is 0.757. The lowest BCUT2D eigenvalue weighted by atomic mass is 10.4. The van der Waals surface area contributed by atoms with Crippen molar-refractivity contribution in [3.63, 3.8) is 0 Å². The fourth-order valence-electron chi connectivity index (χ4n) is 1.03. The van der Waals surface area contributed by atoms with Crippen molar-refractivity contribution < 1.29 is 21.6 Å². The number of halogens is 3. The Labute approximate surface area is 87.2 Å². The maximum atomic E-state index is 12.3. The predicted molar refractivity (Wildman–Crippen MR) is 53.6 cm³/mol. The van der Waals surface area contributed by atoms with Crippen molar-refractivity contribution in [3.8, 4) is 0 Å². The summed E-state index contributed by atoms with van der Waals surface area (Å²) < 4.78 is 59.0. The molecule has 0 amide bonds. The van der Waals surface area contributed by atoms with Gasteiger partial charge in [0.25, 0.3) is 9.84 Å². The highest BCUT2D eigenvalue weighted by atomic mass is 32.2. The molecule has 1 unspecified atom stereocenters. The smallest absolute Gasteiger partial charge is 0.214 e. The first-order valence-corrected chi connectivity index (χ1v) is 6.87. The van der Waals surface area contributed by atoms with Crippen LogP contribution in [0.25, 0.3) is 0 Å². The molecule has 0 N–H and O–H groups in total. The highest BCUT2D eigenvalue weighted by Gasteiger charge is 2.47. The van der Waals surface area contributed by atoms with Gasteiger partial charge in [-0.25, -0.2) is 8.42 Å². The summed E-state index contributed by atoms with van der Waals surface area (Å²) in [5, 5.41) is 0.204. The van der Waals surface area contributed by atoms with E-state index in [0.717, 1.165) is 6.07 Å². The summed E-state index contributed by atoms with van der Waals surface area (Å²) in [5.41, 5.74) is -5.23. The van der Waals surface area contributed by atoms with E-state index in [9.17, 15) is 21.6 Å². The Morgan fingerprint density at radius 1 is 1.20 bits per heavy atom. The molecule has 7 heteroatoms. The summed E-state index contributed by atoms with van der Waals surface area (Å²) in [4.78, 5) is -0.640. The fourth-order valence-corrected chi connectivity index (χ4v) is 3.20. The number of alkyl halides is 3. The van der Waals surface area contributed by atoms with Crippen LogP contribution in [0.5, 0.6) is 0 Å². The minimum absolute atomic E-state index is 0.00232. The van der Waals surface area contributed by atoms with Crippen molar-refractivity contribution >= 4 is 23.7 Å². The molecule has 0 saturated heterocycles. The van der Waals surface area contributed by atoms with Gasteiger partial charge in [-0.15, -0.1) is 0 Å². The van der Waals surface area contributed by atoms with Crippen LogP contribution in [0.3, 0.4) is 0 Å². The van der Waals surface area contributed by atoms with Crippen LogP contribution in [0.15, 0.2) is 29.2 Å². The van der Waals surface area contributed by atoms with E-state index in [-0.39, 0.29) is 13.9 Å². The van der Waals surface area contributed by atoms with Gasteiger partial charge in [0, 0.05) is 0 Å². The van der Waals surface area contributed by atoms with Gasteiger partial charge in [-0.2, -0.15) is 13.2 Å². The molecule has 0 spiro atoms. The van der Waals surface area contributed by atoms with Gasteiger partial charge in [-0.05, 0) is 18.0 Å². The van der Waals surface area contributed by atoms with Gasteiger partial charge in [0.2, 0.25) is 0 Å². The summed E-state index contributed by atoms with van der Waals surface area (Å²) in [6.07, 6.45) is 0. The third-order valence-electron chi connectivity index (χ3n) is 1.75. The zero-order chi connectivity index (χ0) is 11.7. The molecule has 2 nitrogen and oxygen atoms in total. The third kappa shape index (κ3) is 2.32. The summed E-state index contributed by atoms with van der Waals surface area (Å²) in [6.45, 7) is 1.63. The Kier molecular flexibility index (Phi) is 3.41. The molecule has 15 heavy (non-hydrogen) atoms. The van der Waals surface area contributed by atoms with E-state index >= 15 is 0 Å². The third-order valence-corrected chi connectivity index (χ3v) is 4.45. The summed E-state index contributed by atoms with van der Waals surface area (Å²) >= 11 is 0. The highest BCUT2D eigenvalue weighted by molar-refractivity contribution is 7.92. The molecule has 1 aromatic rings. The molecule has 84 valence electrons. The van der Waals surface area contributed by atoms with E-state index in [4.69, 9.17) is 0 Å². The zero-order valence-electron chi connectivity index (χ0n) is 7.67. The lowest BCUT2D eigenvalue weighted by molar-refractivity contribution is -0.0435. The first-order chi connectivity index (χ1) is 6.80. The van der Waals surface area contributed by atoms with Gasteiger partial charge in [-0.3, -0.25) is 0 Å². The lowest BCUT2D eigenvalue weighted by Crippen LogP contribution is -2.26. The molecule has 1 rings (SSSR count). The summed E-state index contributed by atoms with van der Waals surface area (Å²) in [7, 11) is -5.21. The van der Waals surface area contributed by atoms with Gasteiger partial charge in [0.05, 0.1) is 4.90 Å². The fraction of sp³-hybridized carbons (Fsp3) is 0.250. The predicted octanol–water partition coefficient (Wildman–Crippen LogP) is 1.91. The molecule has 1 aromatic carbocycles. The van der Waals surface area contributed by atoms with E-state index in [1.54, 1.807) is 6.66 Å². The molecular formula is C8H8F3O2PS. The SMILES string of the molecule is CPc1ccccc1S(=O)(=O)C(F)(F)F. The molecule has 0 fully saturated rings. The monoisotopic (exact) mass is 256 g/mol. The molecule has 0 bridgehead atoms. The topological polar surface area (TPSA) is 34.1 Å². The van der Waals surface area contributed by atoms with Gasteiger partial charge in [0.1, 0.15) is 0 Å². The number of sulfone groups is 1. The van der Waals surface area contributed by atoms with Crippen LogP contribution >= 0.6 is 8.58 Å². The first kappa shape index (κ1) is 12.5. The highest BCUT2D eigenvalue weighted by Crippen LogP contribution is 2.30. The molecule has 0 aliphatic heterocycles. The standard InChI is InChI=1S/C8H8F3O2PS/c1-14-6-4-2-3-5-7(6)15(12,13)8(9,10)11/h2-5,14H,1H3. The summed E-state index contributed by atoms with van der Waals surface area (Å²) in [5.74, 6) is 0. The van der Waals surface area contributed by atoms with Crippen molar-refractivity contribution in [1.29, 1.82) is 0 Å². The number of rotatable bonds is 2. The molecule has 0 radical (unpaired) electrons. The first-order valence-electron chi connectivity index (χ1n) is 3.89. The molecule has 0 aliphatic rings. The Hall–Kier alpha value is -0.610. The van der Waals surface area contributed by atoms with Crippen LogP contribution in [-0.2, 0) is 9.84 Å². The van der Waals surface area contributed by atoms with E-state index in [1.165, 1.54) is 18.2 Å². The average Bonchev–Trinajstić information content (AvgIpc) is 2.16. The van der Waals surface area contributed by atoms with Crippen molar-refractivity contribution in [2.45, 2.75) is 10.4 Å². The minimum Gasteiger partial charge on any atom is -0.214 e. The molecule has 0 heterocycles. The average molecular weight is 256 g/mol. The van der Waals surface area contributed by atoms with Crippen LogP contribution in [0.2, 0.25) is 0 Å². The largest absolute Gasteiger partial charge is 0.501 e. The summed E-state index contributed by atoms with van der Waals surface area (Å²) in [6, 6.07) is 5.16. The van der Waals surface area contributed by atoms with E-state index in [2.05, 4.69) is 0 Å². The van der Waals surface area contributed by atoms with E-state index < -0.39 is 20.2 Å². The number of benzene rings is 1. The second-order valence-electron chi connectivity index (χ2n) is 2.70. The van der Waals surface area contributed by atoms with Gasteiger partial charge < -0.3 is 0 Å². The second-order valence-corrected chi connectivity index (χ2v) is 5.64. The van der Waals surface area contributed by atoms with Crippen LogP contribution in [0, 0.1) is 0 Å². The lowest BCUT2D eigenvalue weighted by Gasteiger charge is -2.10. The normalized spacial score (nSPS) is 13.6. The maximum absolute atomic E-state index is 12.3. The van der Waals surface area contributed by atoms with E-state index in [0.29, 0.717) is 0 Å². The molecule has 0 aromatic heterocycles. The van der Waals surface area contributed by atoms with Crippen molar-refractivity contribution in [3.05, 3.63) is 24.3 Å². The Bertz CT molecular complexity index is 453. The van der Waals surface area contributed by atoms with Crippen molar-refractivity contribution in [1.82, 2.24) is 0 Å². The zero-order valence-corrected chi connectivity index (χ0v) is 9.48. The molecule has 1 atom stereocenters. The van der Waals surface area contributed by atoms with E-state index in [1.807, 2.05) is 0 Å². The van der Waals surface area contributed by atoms with Crippen LogP contribution in [0.4, 0.5) is 13.2 Å². The Morgan fingerprint density at radius 3 is 2.20 bits per heavy atom. The van der Waals surface area contributed by atoms with Crippen molar-refractivity contribution in [2.24, 2.45) is 0 Å². The minimum atomic E-state index is -5.23. The van der Waals surface area contributed by atoms with Gasteiger partial charge >= 0.3 is 5.51 Å². The second kappa shape index (κ2) is 4.10. The van der Waals surface area contributed by atoms with Crippen LogP contribution in [-0.4, -0.2) is 20.6 Å².